The molecule has 1 heterocycles. The Morgan fingerprint density at radius 2 is 2.39 bits per heavy atom. The minimum absolute atomic E-state index is 0. The van der Waals surface area contributed by atoms with E-state index >= 15 is 0 Å². The molecule has 0 aromatic carbocycles. The highest BCUT2D eigenvalue weighted by Gasteiger charge is 1.97. The predicted octanol–water partition coefficient (Wildman–Crippen LogP) is 1.90. The summed E-state index contributed by atoms with van der Waals surface area (Å²) in [6.45, 7) is 6.86. The number of nitrogens with two attached hydrogens (primary N) is 1. The fraction of sp³-hybridized carbons (Fsp3) is 0.636. The molecule has 1 rings (SSSR count). The average molecular weight is 384 g/mol. The molecule has 0 amide bonds. The topological polar surface area (TPSA) is 72.5 Å². The van der Waals surface area contributed by atoms with E-state index in [1.54, 1.807) is 11.3 Å². The number of ether oxygens (including phenoxy) is 1. The number of aliphatic imine (C=N–C) groups is 1. The Labute approximate surface area is 129 Å². The van der Waals surface area contributed by atoms with Crippen LogP contribution in [0.4, 0.5) is 0 Å². The highest BCUT2D eigenvalue weighted by Crippen LogP contribution is 2.11. The molecular weight excluding hydrogens is 363 g/mol. The van der Waals surface area contributed by atoms with Crippen molar-refractivity contribution in [2.45, 2.75) is 26.8 Å². The summed E-state index contributed by atoms with van der Waals surface area (Å²) in [5.41, 5.74) is 5.73. The molecule has 0 saturated carbocycles. The van der Waals surface area contributed by atoms with Gasteiger partial charge in [-0.05, 0) is 20.3 Å². The molecule has 0 unspecified atom stereocenters. The van der Waals surface area contributed by atoms with Crippen LogP contribution in [-0.4, -0.2) is 30.7 Å². The van der Waals surface area contributed by atoms with Crippen molar-refractivity contribution < 1.29 is 4.74 Å². The third-order valence-corrected chi connectivity index (χ3v) is 2.95. The minimum atomic E-state index is 0. The van der Waals surface area contributed by atoms with Gasteiger partial charge >= 0.3 is 0 Å². The molecule has 0 bridgehead atoms. The molecule has 1 aromatic heterocycles. The van der Waals surface area contributed by atoms with Crippen molar-refractivity contribution in [3.8, 4) is 0 Å². The molecule has 104 valence electrons. The number of hydrogen-bond donors (Lipinski definition) is 2. The van der Waals surface area contributed by atoms with Crippen LogP contribution >= 0.6 is 35.3 Å². The summed E-state index contributed by atoms with van der Waals surface area (Å²) in [4.78, 5) is 9.53. The normalized spacial score (nSPS) is 11.1. The number of thiazole rings is 1. The van der Waals surface area contributed by atoms with Crippen LogP contribution in [0.15, 0.2) is 11.2 Å². The standard InChI is InChI=1S/C11H20N4OS.HI/c1-3-16-6-4-5-13-11(12)15-8-10-7-14-9(2)17-10;/h7H,3-6,8H2,1-2H3,(H3,12,13,15);1H. The fourth-order valence-corrected chi connectivity index (χ4v) is 1.95. The Morgan fingerprint density at radius 1 is 1.61 bits per heavy atom. The van der Waals surface area contributed by atoms with Crippen molar-refractivity contribution in [1.29, 1.82) is 0 Å². The highest BCUT2D eigenvalue weighted by atomic mass is 127. The molecule has 0 radical (unpaired) electrons. The van der Waals surface area contributed by atoms with E-state index in [-0.39, 0.29) is 24.0 Å². The van der Waals surface area contributed by atoms with E-state index in [9.17, 15) is 0 Å². The van der Waals surface area contributed by atoms with Gasteiger partial charge in [-0.1, -0.05) is 0 Å². The van der Waals surface area contributed by atoms with Gasteiger partial charge in [-0.25, -0.2) is 9.98 Å². The summed E-state index contributed by atoms with van der Waals surface area (Å²) in [7, 11) is 0. The first kappa shape index (κ1) is 17.6. The minimum Gasteiger partial charge on any atom is -0.382 e. The number of hydrogen-bond acceptors (Lipinski definition) is 4. The summed E-state index contributed by atoms with van der Waals surface area (Å²) in [5, 5.41) is 4.10. The number of nitrogens with zero attached hydrogens (tertiary/aromatic N) is 2. The largest absolute Gasteiger partial charge is 0.382 e. The van der Waals surface area contributed by atoms with Crippen LogP contribution in [0, 0.1) is 6.92 Å². The monoisotopic (exact) mass is 384 g/mol. The molecule has 5 nitrogen and oxygen atoms in total. The van der Waals surface area contributed by atoms with Gasteiger partial charge in [-0.2, -0.15) is 0 Å². The Kier molecular flexibility index (Phi) is 10.3. The third kappa shape index (κ3) is 7.83. The lowest BCUT2D eigenvalue weighted by atomic mass is 10.4. The molecule has 0 atom stereocenters. The van der Waals surface area contributed by atoms with Crippen LogP contribution < -0.4 is 11.1 Å². The van der Waals surface area contributed by atoms with E-state index in [0.29, 0.717) is 12.5 Å². The molecule has 0 fully saturated rings. The Bertz CT molecular complexity index is 357. The van der Waals surface area contributed by atoms with Crippen molar-refractivity contribution in [3.63, 3.8) is 0 Å². The summed E-state index contributed by atoms with van der Waals surface area (Å²) < 4.78 is 5.22. The maximum atomic E-state index is 5.73. The van der Waals surface area contributed by atoms with Crippen molar-refractivity contribution in [3.05, 3.63) is 16.1 Å². The lowest BCUT2D eigenvalue weighted by Gasteiger charge is -2.05. The van der Waals surface area contributed by atoms with Crippen molar-refractivity contribution in [1.82, 2.24) is 10.3 Å². The number of rotatable bonds is 7. The molecule has 3 N–H and O–H groups in total. The van der Waals surface area contributed by atoms with E-state index in [0.717, 1.165) is 36.1 Å². The van der Waals surface area contributed by atoms with Crippen LogP contribution in [0.25, 0.3) is 0 Å². The van der Waals surface area contributed by atoms with Crippen molar-refractivity contribution >= 4 is 41.3 Å². The van der Waals surface area contributed by atoms with E-state index < -0.39 is 0 Å². The van der Waals surface area contributed by atoms with Crippen LogP contribution in [0.3, 0.4) is 0 Å². The zero-order chi connectivity index (χ0) is 12.5. The maximum absolute atomic E-state index is 5.73. The van der Waals surface area contributed by atoms with Crippen LogP contribution in [0.1, 0.15) is 23.2 Å². The SMILES string of the molecule is CCOCCCNC(N)=NCc1cnc(C)s1.I. The van der Waals surface area contributed by atoms with Gasteiger partial charge in [0.1, 0.15) is 0 Å². The second kappa shape index (κ2) is 10.5. The first-order chi connectivity index (χ1) is 8.22. The fourth-order valence-electron chi connectivity index (χ4n) is 1.23. The van der Waals surface area contributed by atoms with Gasteiger partial charge in [0.05, 0.1) is 11.6 Å². The third-order valence-electron chi connectivity index (χ3n) is 2.05. The smallest absolute Gasteiger partial charge is 0.188 e. The van der Waals surface area contributed by atoms with Gasteiger partial charge in [0.2, 0.25) is 0 Å². The molecule has 0 aliphatic carbocycles. The Morgan fingerprint density at radius 3 is 3.00 bits per heavy atom. The number of nitrogens with one attached hydrogen (secondary N) is 1. The first-order valence-corrected chi connectivity index (χ1v) is 6.57. The average Bonchev–Trinajstić information content (AvgIpc) is 2.72. The predicted molar refractivity (Wildman–Crippen MR) is 86.7 cm³/mol. The lowest BCUT2D eigenvalue weighted by Crippen LogP contribution is -2.32. The quantitative estimate of drug-likeness (QED) is 0.326. The first-order valence-electron chi connectivity index (χ1n) is 5.75. The summed E-state index contributed by atoms with van der Waals surface area (Å²) >= 11 is 1.64. The number of halogens is 1. The number of guanidine groups is 1. The van der Waals surface area contributed by atoms with E-state index in [1.807, 2.05) is 20.0 Å². The molecule has 1 aromatic rings. The lowest BCUT2D eigenvalue weighted by molar-refractivity contribution is 0.145. The highest BCUT2D eigenvalue weighted by molar-refractivity contribution is 14.0. The number of aryl methyl sites for hydroxylation is 1. The summed E-state index contributed by atoms with van der Waals surface area (Å²) in [6.07, 6.45) is 2.77. The second-order valence-corrected chi connectivity index (χ2v) is 4.84. The van der Waals surface area contributed by atoms with E-state index in [2.05, 4.69) is 15.3 Å². The van der Waals surface area contributed by atoms with Crippen LogP contribution in [0.5, 0.6) is 0 Å². The molecule has 0 saturated heterocycles. The van der Waals surface area contributed by atoms with Crippen molar-refractivity contribution in [2.24, 2.45) is 10.7 Å². The van der Waals surface area contributed by atoms with E-state index in [1.165, 1.54) is 0 Å². The van der Waals surface area contributed by atoms with Gasteiger partial charge in [0, 0.05) is 30.8 Å². The zero-order valence-corrected chi connectivity index (χ0v) is 14.0. The second-order valence-electron chi connectivity index (χ2n) is 3.52. The Hall–Kier alpha value is -0.410. The molecule has 7 heteroatoms. The van der Waals surface area contributed by atoms with Gasteiger partial charge in [-0.3, -0.25) is 0 Å². The van der Waals surface area contributed by atoms with Crippen LogP contribution in [-0.2, 0) is 11.3 Å². The maximum Gasteiger partial charge on any atom is 0.188 e. The molecular formula is C11H21IN4OS. The summed E-state index contributed by atoms with van der Waals surface area (Å²) in [6, 6.07) is 0. The molecule has 18 heavy (non-hydrogen) atoms. The van der Waals surface area contributed by atoms with Gasteiger partial charge in [0.15, 0.2) is 5.96 Å². The van der Waals surface area contributed by atoms with Gasteiger partial charge < -0.3 is 15.8 Å². The molecule has 0 aliphatic heterocycles. The van der Waals surface area contributed by atoms with Gasteiger partial charge in [0.25, 0.3) is 0 Å². The Balaban J connectivity index is 0.00000289. The number of aromatic nitrogens is 1. The van der Waals surface area contributed by atoms with Gasteiger partial charge in [-0.15, -0.1) is 35.3 Å². The van der Waals surface area contributed by atoms with Crippen LogP contribution in [0.2, 0.25) is 0 Å². The van der Waals surface area contributed by atoms with Crippen molar-refractivity contribution in [2.75, 3.05) is 19.8 Å². The van der Waals surface area contributed by atoms with E-state index in [4.69, 9.17) is 10.5 Å². The molecule has 0 aliphatic rings. The summed E-state index contributed by atoms with van der Waals surface area (Å²) in [5.74, 6) is 0.479. The zero-order valence-electron chi connectivity index (χ0n) is 10.8. The molecule has 0 spiro atoms.